The van der Waals surface area contributed by atoms with E-state index < -0.39 is 0 Å². The molecule has 0 atom stereocenters. The number of aromatic nitrogens is 3. The molecule has 4 rings (SSSR count). The number of hydrogen-bond donors (Lipinski definition) is 0. The fraction of sp³-hybridized carbons (Fsp3) is 0.500. The number of aryl methyl sites for hydroxylation is 2. The zero-order valence-corrected chi connectivity index (χ0v) is 18.7. The van der Waals surface area contributed by atoms with Crippen molar-refractivity contribution in [2.45, 2.75) is 70.1 Å². The zero-order chi connectivity index (χ0) is 20.2. The number of nitrogens with zero attached hydrogens (tertiary/aromatic N) is 3. The van der Waals surface area contributed by atoms with Crippen molar-refractivity contribution in [2.75, 3.05) is 5.75 Å². The summed E-state index contributed by atoms with van der Waals surface area (Å²) in [6, 6.07) is 6.25. The Bertz CT molecular complexity index is 953. The van der Waals surface area contributed by atoms with E-state index in [-0.39, 0.29) is 5.78 Å². The molecule has 0 amide bonds. The molecule has 0 spiro atoms. The Morgan fingerprint density at radius 2 is 2.10 bits per heavy atom. The lowest BCUT2D eigenvalue weighted by molar-refractivity contribution is 0.102. The molecule has 0 unspecified atom stereocenters. The van der Waals surface area contributed by atoms with Crippen LogP contribution >= 0.6 is 23.1 Å². The van der Waals surface area contributed by atoms with E-state index in [4.69, 9.17) is 4.42 Å². The summed E-state index contributed by atoms with van der Waals surface area (Å²) >= 11 is 3.12. The predicted octanol–water partition coefficient (Wildman–Crippen LogP) is 5.81. The normalized spacial score (nSPS) is 15.1. The van der Waals surface area contributed by atoms with Crippen LogP contribution in [0.2, 0.25) is 0 Å². The van der Waals surface area contributed by atoms with Gasteiger partial charge in [0, 0.05) is 34.3 Å². The molecule has 0 radical (unpaired) electrons. The summed E-state index contributed by atoms with van der Waals surface area (Å²) in [7, 11) is 0. The first-order valence-electron chi connectivity index (χ1n) is 10.3. The van der Waals surface area contributed by atoms with Gasteiger partial charge >= 0.3 is 0 Å². The fourth-order valence-corrected chi connectivity index (χ4v) is 5.45. The van der Waals surface area contributed by atoms with Gasteiger partial charge in [-0.2, -0.15) is 0 Å². The van der Waals surface area contributed by atoms with Crippen molar-refractivity contribution in [3.63, 3.8) is 0 Å². The molecule has 1 fully saturated rings. The monoisotopic (exact) mass is 429 g/mol. The Labute approximate surface area is 179 Å². The van der Waals surface area contributed by atoms with Crippen LogP contribution in [0.3, 0.4) is 0 Å². The molecule has 1 saturated carbocycles. The van der Waals surface area contributed by atoms with Gasteiger partial charge in [-0.05, 0) is 50.6 Å². The van der Waals surface area contributed by atoms with Crippen LogP contribution in [0, 0.1) is 13.8 Å². The van der Waals surface area contributed by atoms with Gasteiger partial charge in [-0.15, -0.1) is 21.5 Å². The maximum atomic E-state index is 12.8. The molecule has 0 saturated heterocycles. The second-order valence-corrected chi connectivity index (χ2v) is 9.68. The summed E-state index contributed by atoms with van der Waals surface area (Å²) < 4.78 is 8.07. The van der Waals surface area contributed by atoms with Gasteiger partial charge in [0.1, 0.15) is 0 Å². The fourth-order valence-electron chi connectivity index (χ4n) is 4.10. The number of rotatable bonds is 8. The van der Waals surface area contributed by atoms with Crippen molar-refractivity contribution in [1.29, 1.82) is 0 Å². The quantitative estimate of drug-likeness (QED) is 0.334. The maximum absolute atomic E-state index is 12.8. The first-order chi connectivity index (χ1) is 14.1. The van der Waals surface area contributed by atoms with Crippen LogP contribution in [0.4, 0.5) is 0 Å². The third-order valence-electron chi connectivity index (χ3n) is 5.74. The molecular formula is C22H27N3O2S2. The molecule has 29 heavy (non-hydrogen) atoms. The highest BCUT2D eigenvalue weighted by atomic mass is 32.2. The lowest BCUT2D eigenvalue weighted by atomic mass is 9.89. The largest absolute Gasteiger partial charge is 0.416 e. The lowest BCUT2D eigenvalue weighted by Crippen LogP contribution is -2.08. The average molecular weight is 430 g/mol. The van der Waals surface area contributed by atoms with E-state index in [0.29, 0.717) is 16.9 Å². The third-order valence-corrected chi connectivity index (χ3v) is 7.49. The smallest absolute Gasteiger partial charge is 0.277 e. The second kappa shape index (κ2) is 9.30. The maximum Gasteiger partial charge on any atom is 0.277 e. The summed E-state index contributed by atoms with van der Waals surface area (Å²) in [5.74, 6) is 1.57. The molecule has 0 bridgehead atoms. The molecule has 1 aliphatic carbocycles. The van der Waals surface area contributed by atoms with Crippen LogP contribution in [0.5, 0.6) is 0 Å². The first-order valence-corrected chi connectivity index (χ1v) is 12.2. The van der Waals surface area contributed by atoms with Crippen LogP contribution in [0.15, 0.2) is 33.2 Å². The van der Waals surface area contributed by atoms with Crippen molar-refractivity contribution >= 4 is 28.9 Å². The van der Waals surface area contributed by atoms with Crippen LogP contribution in [0.25, 0.3) is 0 Å². The summed E-state index contributed by atoms with van der Waals surface area (Å²) in [6.07, 6.45) is 7.01. The average Bonchev–Trinajstić information content (AvgIpc) is 3.47. The number of thioether (sulfide) groups is 1. The molecule has 3 aromatic heterocycles. The summed E-state index contributed by atoms with van der Waals surface area (Å²) in [6.45, 7) is 5.00. The number of thiophene rings is 1. The Balaban J connectivity index is 1.36. The standard InChI is InChI=1S/C22H27N3O2S2/c1-15-13-19(16(2)25(15)11-10-18-9-6-12-28-18)20(26)14-29-22-24-23-21(27-22)17-7-4-3-5-8-17/h6,9,12-13,17H,3-5,7-8,10-11,14H2,1-2H3. The van der Waals surface area contributed by atoms with Crippen LogP contribution in [-0.4, -0.2) is 26.3 Å². The SMILES string of the molecule is Cc1cc(C(=O)CSc2nnc(C3CCCCC3)o2)c(C)n1CCc1cccs1. The molecule has 5 nitrogen and oxygen atoms in total. The van der Waals surface area contributed by atoms with Crippen LogP contribution in [-0.2, 0) is 13.0 Å². The predicted molar refractivity (Wildman–Crippen MR) is 117 cm³/mol. The molecular weight excluding hydrogens is 402 g/mol. The molecule has 0 aromatic carbocycles. The van der Waals surface area contributed by atoms with Crippen molar-refractivity contribution in [1.82, 2.24) is 14.8 Å². The number of Topliss-reactive ketones (excluding diaryl/α,β-unsaturated/α-hetero) is 1. The van der Waals surface area contributed by atoms with E-state index in [1.165, 1.54) is 35.9 Å². The topological polar surface area (TPSA) is 60.9 Å². The van der Waals surface area contributed by atoms with Gasteiger partial charge in [0.2, 0.25) is 5.89 Å². The van der Waals surface area contributed by atoms with E-state index >= 15 is 0 Å². The highest BCUT2D eigenvalue weighted by Crippen LogP contribution is 2.33. The molecule has 3 aromatic rings. The number of ketones is 1. The minimum atomic E-state index is 0.114. The molecule has 1 aliphatic rings. The van der Waals surface area contributed by atoms with Crippen molar-refractivity contribution in [3.05, 3.63) is 51.3 Å². The minimum Gasteiger partial charge on any atom is -0.416 e. The minimum absolute atomic E-state index is 0.114. The zero-order valence-electron chi connectivity index (χ0n) is 17.0. The van der Waals surface area contributed by atoms with E-state index in [1.54, 1.807) is 11.3 Å². The highest BCUT2D eigenvalue weighted by Gasteiger charge is 2.22. The molecule has 154 valence electrons. The van der Waals surface area contributed by atoms with Gasteiger partial charge in [-0.3, -0.25) is 4.79 Å². The van der Waals surface area contributed by atoms with Gasteiger partial charge < -0.3 is 8.98 Å². The number of carbonyl (C=O) groups is 1. The van der Waals surface area contributed by atoms with E-state index in [0.717, 1.165) is 48.6 Å². The van der Waals surface area contributed by atoms with Gasteiger partial charge in [0.05, 0.1) is 5.75 Å². The van der Waals surface area contributed by atoms with Gasteiger partial charge in [-0.25, -0.2) is 0 Å². The summed E-state index contributed by atoms with van der Waals surface area (Å²) in [5, 5.41) is 11.0. The van der Waals surface area contributed by atoms with Crippen molar-refractivity contribution in [3.8, 4) is 0 Å². The van der Waals surface area contributed by atoms with Gasteiger partial charge in [-0.1, -0.05) is 37.1 Å². The molecule has 7 heteroatoms. The Kier molecular flexibility index (Phi) is 6.55. The van der Waals surface area contributed by atoms with E-state index in [2.05, 4.69) is 39.2 Å². The number of hydrogen-bond acceptors (Lipinski definition) is 6. The third kappa shape index (κ3) is 4.83. The molecule has 3 heterocycles. The summed E-state index contributed by atoms with van der Waals surface area (Å²) in [4.78, 5) is 14.2. The highest BCUT2D eigenvalue weighted by molar-refractivity contribution is 7.99. The van der Waals surface area contributed by atoms with Crippen LogP contribution < -0.4 is 0 Å². The Hall–Kier alpha value is -1.86. The second-order valence-electron chi connectivity index (χ2n) is 7.72. The first kappa shape index (κ1) is 20.4. The van der Waals surface area contributed by atoms with E-state index in [9.17, 15) is 4.79 Å². The Morgan fingerprint density at radius 1 is 1.28 bits per heavy atom. The van der Waals surface area contributed by atoms with Gasteiger partial charge in [0.25, 0.3) is 5.22 Å². The van der Waals surface area contributed by atoms with E-state index in [1.807, 2.05) is 13.0 Å². The Morgan fingerprint density at radius 3 is 2.86 bits per heavy atom. The van der Waals surface area contributed by atoms with Crippen molar-refractivity contribution < 1.29 is 9.21 Å². The number of carbonyl (C=O) groups excluding carboxylic acids is 1. The lowest BCUT2D eigenvalue weighted by Gasteiger charge is -2.17. The van der Waals surface area contributed by atoms with Crippen LogP contribution in [0.1, 0.15) is 70.5 Å². The van der Waals surface area contributed by atoms with Crippen molar-refractivity contribution in [2.24, 2.45) is 0 Å². The van der Waals surface area contributed by atoms with Gasteiger partial charge in [0.15, 0.2) is 5.78 Å². The summed E-state index contributed by atoms with van der Waals surface area (Å²) in [5.41, 5.74) is 2.97. The molecule has 0 aliphatic heterocycles. The molecule has 0 N–H and O–H groups in total.